The van der Waals surface area contributed by atoms with Gasteiger partial charge < -0.3 is 10.2 Å². The number of carbonyl (C=O) groups excluding carboxylic acids is 2. The summed E-state index contributed by atoms with van der Waals surface area (Å²) in [6.07, 6.45) is 5.62. The van der Waals surface area contributed by atoms with Crippen LogP contribution in [0.25, 0.3) is 0 Å². The molecule has 2 amide bonds. The molecule has 5 heteroatoms. The van der Waals surface area contributed by atoms with Crippen molar-refractivity contribution in [2.24, 2.45) is 0 Å². The molecule has 1 saturated heterocycles. The number of nitrogens with zero attached hydrogens (tertiary/aromatic N) is 1. The zero-order valence-electron chi connectivity index (χ0n) is 12.4. The molecule has 21 heavy (non-hydrogen) atoms. The van der Waals surface area contributed by atoms with Crippen molar-refractivity contribution < 1.29 is 9.59 Å². The lowest BCUT2D eigenvalue weighted by Gasteiger charge is -2.46. The summed E-state index contributed by atoms with van der Waals surface area (Å²) in [7, 11) is 0. The number of rotatable bonds is 3. The molecule has 114 valence electrons. The van der Waals surface area contributed by atoms with Gasteiger partial charge in [-0.25, -0.2) is 0 Å². The molecule has 1 spiro atoms. The average molecular weight is 306 g/mol. The predicted octanol–water partition coefficient (Wildman–Crippen LogP) is 2.34. The number of nitrogens with one attached hydrogen (secondary N) is 1. The van der Waals surface area contributed by atoms with Gasteiger partial charge in [-0.05, 0) is 48.6 Å². The van der Waals surface area contributed by atoms with E-state index in [1.165, 1.54) is 5.56 Å². The first-order valence-electron chi connectivity index (χ1n) is 7.77. The highest BCUT2D eigenvalue weighted by molar-refractivity contribution is 7.07. The fourth-order valence-electron chi connectivity index (χ4n) is 3.46. The third-order valence-electron chi connectivity index (χ3n) is 4.81. The van der Waals surface area contributed by atoms with Crippen LogP contribution in [-0.2, 0) is 16.0 Å². The molecular formula is C16H22N2O2S. The molecule has 1 aromatic heterocycles. The first-order valence-corrected chi connectivity index (χ1v) is 8.71. The first kappa shape index (κ1) is 14.6. The van der Waals surface area contributed by atoms with Crippen LogP contribution in [0.15, 0.2) is 16.8 Å². The van der Waals surface area contributed by atoms with E-state index < -0.39 is 5.54 Å². The van der Waals surface area contributed by atoms with Crippen molar-refractivity contribution in [1.82, 2.24) is 10.2 Å². The van der Waals surface area contributed by atoms with Gasteiger partial charge in [0.05, 0.1) is 0 Å². The highest BCUT2D eigenvalue weighted by Gasteiger charge is 2.49. The van der Waals surface area contributed by atoms with Crippen molar-refractivity contribution in [1.29, 1.82) is 0 Å². The summed E-state index contributed by atoms with van der Waals surface area (Å²) in [5.74, 6) is 0.131. The van der Waals surface area contributed by atoms with E-state index in [1.54, 1.807) is 16.2 Å². The van der Waals surface area contributed by atoms with E-state index in [0.717, 1.165) is 38.5 Å². The Morgan fingerprint density at radius 2 is 2.10 bits per heavy atom. The van der Waals surface area contributed by atoms with Crippen molar-refractivity contribution in [3.8, 4) is 0 Å². The zero-order valence-corrected chi connectivity index (χ0v) is 13.2. The highest BCUT2D eigenvalue weighted by Crippen LogP contribution is 2.33. The fourth-order valence-corrected chi connectivity index (χ4v) is 4.16. The third-order valence-corrected chi connectivity index (χ3v) is 5.54. The van der Waals surface area contributed by atoms with Crippen LogP contribution in [0.2, 0.25) is 0 Å². The Labute approximate surface area is 129 Å². The standard InChI is InChI=1S/C16H22N2O2S/c1-12-14(19)17-16(7-3-2-4-8-16)15(20)18(12)9-5-13-6-10-21-11-13/h6,10-12H,2-5,7-9H2,1H3,(H,17,19). The van der Waals surface area contributed by atoms with Crippen molar-refractivity contribution in [2.45, 2.75) is 57.0 Å². The SMILES string of the molecule is CC1C(=O)NC2(CCCCC2)C(=O)N1CCc1ccsc1. The van der Waals surface area contributed by atoms with Gasteiger partial charge in [0.2, 0.25) is 11.8 Å². The van der Waals surface area contributed by atoms with Crippen LogP contribution < -0.4 is 5.32 Å². The van der Waals surface area contributed by atoms with Gasteiger partial charge in [-0.15, -0.1) is 0 Å². The summed E-state index contributed by atoms with van der Waals surface area (Å²) < 4.78 is 0. The van der Waals surface area contributed by atoms with Gasteiger partial charge in [0, 0.05) is 6.54 Å². The van der Waals surface area contributed by atoms with Crippen LogP contribution >= 0.6 is 11.3 Å². The van der Waals surface area contributed by atoms with E-state index in [1.807, 2.05) is 12.3 Å². The summed E-state index contributed by atoms with van der Waals surface area (Å²) >= 11 is 1.67. The summed E-state index contributed by atoms with van der Waals surface area (Å²) in [6, 6.07) is 1.73. The lowest BCUT2D eigenvalue weighted by Crippen LogP contribution is -2.70. The topological polar surface area (TPSA) is 49.4 Å². The Bertz CT molecular complexity index is 520. The second-order valence-corrected chi connectivity index (χ2v) is 6.97. The van der Waals surface area contributed by atoms with Crippen LogP contribution in [0.4, 0.5) is 0 Å². The first-order chi connectivity index (χ1) is 10.1. The number of hydrogen-bond donors (Lipinski definition) is 1. The van der Waals surface area contributed by atoms with E-state index in [0.29, 0.717) is 6.54 Å². The molecule has 4 nitrogen and oxygen atoms in total. The Morgan fingerprint density at radius 1 is 1.33 bits per heavy atom. The van der Waals surface area contributed by atoms with Gasteiger partial charge in [0.25, 0.3) is 0 Å². The van der Waals surface area contributed by atoms with Crippen molar-refractivity contribution in [3.05, 3.63) is 22.4 Å². The van der Waals surface area contributed by atoms with E-state index in [9.17, 15) is 9.59 Å². The molecule has 1 unspecified atom stereocenters. The minimum Gasteiger partial charge on any atom is -0.340 e. The third kappa shape index (κ3) is 2.71. The summed E-state index contributed by atoms with van der Waals surface area (Å²) in [5, 5.41) is 7.18. The smallest absolute Gasteiger partial charge is 0.249 e. The number of thiophene rings is 1. The van der Waals surface area contributed by atoms with Gasteiger partial charge in [0.1, 0.15) is 11.6 Å². The van der Waals surface area contributed by atoms with E-state index in [2.05, 4.69) is 16.8 Å². The summed E-state index contributed by atoms with van der Waals surface area (Å²) in [5.41, 5.74) is 0.625. The largest absolute Gasteiger partial charge is 0.340 e. The lowest BCUT2D eigenvalue weighted by molar-refractivity contribution is -0.155. The molecular weight excluding hydrogens is 284 g/mol. The van der Waals surface area contributed by atoms with E-state index in [-0.39, 0.29) is 17.9 Å². The molecule has 1 aromatic rings. The molecule has 2 aliphatic rings. The van der Waals surface area contributed by atoms with Gasteiger partial charge in [0.15, 0.2) is 0 Å². The number of piperazine rings is 1. The number of hydrogen-bond acceptors (Lipinski definition) is 3. The zero-order chi connectivity index (χ0) is 14.9. The number of amides is 2. The van der Waals surface area contributed by atoms with E-state index in [4.69, 9.17) is 0 Å². The maximum atomic E-state index is 12.9. The average Bonchev–Trinajstić information content (AvgIpc) is 3.00. The van der Waals surface area contributed by atoms with Crippen molar-refractivity contribution in [2.75, 3.05) is 6.54 Å². The predicted molar refractivity (Wildman–Crippen MR) is 83.2 cm³/mol. The van der Waals surface area contributed by atoms with Gasteiger partial charge in [-0.3, -0.25) is 9.59 Å². The molecule has 1 aliphatic heterocycles. The minimum atomic E-state index is -0.615. The lowest BCUT2D eigenvalue weighted by atomic mass is 9.78. The molecule has 1 aliphatic carbocycles. The Kier molecular flexibility index (Phi) is 4.02. The quantitative estimate of drug-likeness (QED) is 0.932. The fraction of sp³-hybridized carbons (Fsp3) is 0.625. The van der Waals surface area contributed by atoms with Crippen molar-refractivity contribution >= 4 is 23.2 Å². The van der Waals surface area contributed by atoms with Crippen LogP contribution in [0.1, 0.15) is 44.6 Å². The molecule has 3 rings (SSSR count). The molecule has 0 radical (unpaired) electrons. The molecule has 0 bridgehead atoms. The van der Waals surface area contributed by atoms with Crippen LogP contribution in [0.5, 0.6) is 0 Å². The number of carbonyl (C=O) groups is 2. The monoisotopic (exact) mass is 306 g/mol. The van der Waals surface area contributed by atoms with Crippen LogP contribution in [-0.4, -0.2) is 34.8 Å². The summed E-state index contributed by atoms with van der Waals surface area (Å²) in [6.45, 7) is 2.46. The highest BCUT2D eigenvalue weighted by atomic mass is 32.1. The minimum absolute atomic E-state index is 0.00168. The Hall–Kier alpha value is -1.36. The van der Waals surface area contributed by atoms with Gasteiger partial charge in [-0.2, -0.15) is 11.3 Å². The second kappa shape index (κ2) is 5.79. The summed E-state index contributed by atoms with van der Waals surface area (Å²) in [4.78, 5) is 27.0. The molecule has 1 saturated carbocycles. The maximum Gasteiger partial charge on any atom is 0.249 e. The molecule has 1 atom stereocenters. The van der Waals surface area contributed by atoms with Gasteiger partial charge in [-0.1, -0.05) is 19.3 Å². The normalized spacial score (nSPS) is 25.2. The van der Waals surface area contributed by atoms with Crippen molar-refractivity contribution in [3.63, 3.8) is 0 Å². The molecule has 2 heterocycles. The van der Waals surface area contributed by atoms with Crippen LogP contribution in [0.3, 0.4) is 0 Å². The molecule has 1 N–H and O–H groups in total. The second-order valence-electron chi connectivity index (χ2n) is 6.19. The van der Waals surface area contributed by atoms with Gasteiger partial charge >= 0.3 is 0 Å². The Morgan fingerprint density at radius 3 is 2.76 bits per heavy atom. The Balaban J connectivity index is 1.76. The van der Waals surface area contributed by atoms with Crippen LogP contribution in [0, 0.1) is 0 Å². The van der Waals surface area contributed by atoms with E-state index >= 15 is 0 Å². The maximum absolute atomic E-state index is 12.9. The molecule has 2 fully saturated rings. The molecule has 0 aromatic carbocycles.